The lowest BCUT2D eigenvalue weighted by Gasteiger charge is -2.21. The highest BCUT2D eigenvalue weighted by Crippen LogP contribution is 2.30. The van der Waals surface area contributed by atoms with Crippen molar-refractivity contribution in [3.63, 3.8) is 0 Å². The van der Waals surface area contributed by atoms with Gasteiger partial charge in [-0.05, 0) is 26.2 Å². The van der Waals surface area contributed by atoms with Gasteiger partial charge in [-0.1, -0.05) is 0 Å². The molecule has 0 aromatic carbocycles. The van der Waals surface area contributed by atoms with Crippen molar-refractivity contribution < 1.29 is 4.74 Å². The Morgan fingerprint density at radius 3 is 2.90 bits per heavy atom. The lowest BCUT2D eigenvalue weighted by atomic mass is 9.97. The van der Waals surface area contributed by atoms with Gasteiger partial charge in [-0.2, -0.15) is 0 Å². The molecule has 1 spiro atoms. The minimum Gasteiger partial charge on any atom is -0.379 e. The second-order valence-corrected chi connectivity index (χ2v) is 3.67. The van der Waals surface area contributed by atoms with E-state index in [-0.39, 0.29) is 0 Å². The standard InChI is InChI=1S/C8H15NO/c1-7-2-3-8(9-7)4-5-10-6-8/h7,9H,2-6H2,1H3. The predicted octanol–water partition coefficient (Wildman–Crippen LogP) is 0.917. The molecule has 2 aliphatic rings. The number of hydrogen-bond donors (Lipinski definition) is 1. The first kappa shape index (κ1) is 6.62. The summed E-state index contributed by atoms with van der Waals surface area (Å²) in [5.74, 6) is 0. The van der Waals surface area contributed by atoms with Gasteiger partial charge in [0.05, 0.1) is 6.61 Å². The molecule has 2 unspecified atom stereocenters. The van der Waals surface area contributed by atoms with Gasteiger partial charge >= 0.3 is 0 Å². The van der Waals surface area contributed by atoms with Crippen molar-refractivity contribution in [1.29, 1.82) is 0 Å². The van der Waals surface area contributed by atoms with Crippen LogP contribution in [-0.2, 0) is 4.74 Å². The molecule has 10 heavy (non-hydrogen) atoms. The van der Waals surface area contributed by atoms with Gasteiger partial charge in [-0.25, -0.2) is 0 Å². The highest BCUT2D eigenvalue weighted by atomic mass is 16.5. The third-order valence-electron chi connectivity index (χ3n) is 2.71. The molecular weight excluding hydrogens is 126 g/mol. The van der Waals surface area contributed by atoms with E-state index in [2.05, 4.69) is 12.2 Å². The highest BCUT2D eigenvalue weighted by molar-refractivity contribution is 4.98. The van der Waals surface area contributed by atoms with Gasteiger partial charge in [-0.15, -0.1) is 0 Å². The van der Waals surface area contributed by atoms with Crippen molar-refractivity contribution >= 4 is 0 Å². The molecule has 0 saturated carbocycles. The van der Waals surface area contributed by atoms with Gasteiger partial charge in [0.1, 0.15) is 0 Å². The summed E-state index contributed by atoms with van der Waals surface area (Å²) in [7, 11) is 0. The molecule has 2 saturated heterocycles. The summed E-state index contributed by atoms with van der Waals surface area (Å²) in [5, 5.41) is 3.60. The van der Waals surface area contributed by atoms with Gasteiger partial charge in [0.15, 0.2) is 0 Å². The maximum atomic E-state index is 5.37. The zero-order chi connectivity index (χ0) is 7.03. The number of ether oxygens (including phenoxy) is 1. The molecule has 2 fully saturated rings. The van der Waals surface area contributed by atoms with Crippen molar-refractivity contribution in [2.24, 2.45) is 0 Å². The summed E-state index contributed by atoms with van der Waals surface area (Å²) in [5.41, 5.74) is 0.388. The van der Waals surface area contributed by atoms with Gasteiger partial charge in [-0.3, -0.25) is 0 Å². The van der Waals surface area contributed by atoms with Crippen LogP contribution in [0.4, 0.5) is 0 Å². The smallest absolute Gasteiger partial charge is 0.0649 e. The maximum Gasteiger partial charge on any atom is 0.0649 e. The highest BCUT2D eigenvalue weighted by Gasteiger charge is 2.39. The summed E-state index contributed by atoms with van der Waals surface area (Å²) in [4.78, 5) is 0. The fourth-order valence-corrected chi connectivity index (χ4v) is 2.08. The molecule has 0 radical (unpaired) electrons. The molecule has 2 rings (SSSR count). The predicted molar refractivity (Wildman–Crippen MR) is 40.0 cm³/mol. The van der Waals surface area contributed by atoms with E-state index in [9.17, 15) is 0 Å². The first-order chi connectivity index (χ1) is 4.81. The molecule has 2 nitrogen and oxygen atoms in total. The van der Waals surface area contributed by atoms with E-state index < -0.39 is 0 Å². The van der Waals surface area contributed by atoms with Gasteiger partial charge in [0.25, 0.3) is 0 Å². The van der Waals surface area contributed by atoms with Crippen molar-refractivity contribution in [1.82, 2.24) is 5.32 Å². The van der Waals surface area contributed by atoms with Crippen LogP contribution >= 0.6 is 0 Å². The Kier molecular flexibility index (Phi) is 1.46. The molecule has 0 aliphatic carbocycles. The van der Waals surface area contributed by atoms with Crippen LogP contribution in [0.25, 0.3) is 0 Å². The fraction of sp³-hybridized carbons (Fsp3) is 1.00. The molecule has 2 aliphatic heterocycles. The second-order valence-electron chi connectivity index (χ2n) is 3.67. The van der Waals surface area contributed by atoms with Crippen LogP contribution in [0.1, 0.15) is 26.2 Å². The van der Waals surface area contributed by atoms with E-state index in [1.54, 1.807) is 0 Å². The number of hydrogen-bond acceptors (Lipinski definition) is 2. The van der Waals surface area contributed by atoms with Crippen LogP contribution in [-0.4, -0.2) is 24.8 Å². The third-order valence-corrected chi connectivity index (χ3v) is 2.71. The molecule has 2 heteroatoms. The Morgan fingerprint density at radius 2 is 2.40 bits per heavy atom. The first-order valence-corrected chi connectivity index (χ1v) is 4.16. The minimum absolute atomic E-state index is 0.388. The van der Waals surface area contributed by atoms with Crippen molar-refractivity contribution in [2.45, 2.75) is 37.8 Å². The topological polar surface area (TPSA) is 21.3 Å². The monoisotopic (exact) mass is 141 g/mol. The molecule has 0 aromatic heterocycles. The van der Waals surface area contributed by atoms with E-state index in [0.717, 1.165) is 13.2 Å². The van der Waals surface area contributed by atoms with Gasteiger partial charge < -0.3 is 10.1 Å². The zero-order valence-corrected chi connectivity index (χ0v) is 6.52. The zero-order valence-electron chi connectivity index (χ0n) is 6.52. The molecular formula is C8H15NO. The first-order valence-electron chi connectivity index (χ1n) is 4.16. The molecule has 0 amide bonds. The van der Waals surface area contributed by atoms with E-state index in [1.807, 2.05) is 0 Å². The lowest BCUT2D eigenvalue weighted by Crippen LogP contribution is -2.42. The van der Waals surface area contributed by atoms with E-state index >= 15 is 0 Å². The van der Waals surface area contributed by atoms with Crippen LogP contribution in [0, 0.1) is 0 Å². The van der Waals surface area contributed by atoms with Crippen LogP contribution in [0.2, 0.25) is 0 Å². The van der Waals surface area contributed by atoms with E-state index in [4.69, 9.17) is 4.74 Å². The lowest BCUT2D eigenvalue weighted by molar-refractivity contribution is 0.171. The minimum atomic E-state index is 0.388. The average Bonchev–Trinajstić information content (AvgIpc) is 2.46. The number of nitrogens with one attached hydrogen (secondary N) is 1. The van der Waals surface area contributed by atoms with E-state index in [1.165, 1.54) is 19.3 Å². The second kappa shape index (κ2) is 2.21. The van der Waals surface area contributed by atoms with Crippen LogP contribution in [0.15, 0.2) is 0 Å². The molecule has 0 aromatic rings. The summed E-state index contributed by atoms with van der Waals surface area (Å²) >= 11 is 0. The van der Waals surface area contributed by atoms with Crippen LogP contribution in [0.5, 0.6) is 0 Å². The summed E-state index contributed by atoms with van der Waals surface area (Å²) in [6, 6.07) is 0.710. The Balaban J connectivity index is 2.03. The average molecular weight is 141 g/mol. The molecule has 2 atom stereocenters. The summed E-state index contributed by atoms with van der Waals surface area (Å²) < 4.78 is 5.37. The Labute approximate surface area is 61.9 Å². The molecule has 0 bridgehead atoms. The Hall–Kier alpha value is -0.0800. The SMILES string of the molecule is CC1CCC2(CCOC2)N1. The molecule has 58 valence electrons. The van der Waals surface area contributed by atoms with Crippen molar-refractivity contribution in [3.8, 4) is 0 Å². The van der Waals surface area contributed by atoms with E-state index in [0.29, 0.717) is 11.6 Å². The van der Waals surface area contributed by atoms with Crippen LogP contribution < -0.4 is 5.32 Å². The van der Waals surface area contributed by atoms with Crippen molar-refractivity contribution in [2.75, 3.05) is 13.2 Å². The quantitative estimate of drug-likeness (QED) is 0.541. The molecule has 1 N–H and O–H groups in total. The van der Waals surface area contributed by atoms with Gasteiger partial charge in [0.2, 0.25) is 0 Å². The fourth-order valence-electron chi connectivity index (χ4n) is 2.08. The largest absolute Gasteiger partial charge is 0.379 e. The van der Waals surface area contributed by atoms with Crippen LogP contribution in [0.3, 0.4) is 0 Å². The summed E-state index contributed by atoms with van der Waals surface area (Å²) in [6.07, 6.45) is 3.86. The summed E-state index contributed by atoms with van der Waals surface area (Å²) in [6.45, 7) is 4.16. The Bertz CT molecular complexity index is 129. The Morgan fingerprint density at radius 1 is 1.50 bits per heavy atom. The maximum absolute atomic E-state index is 5.37. The van der Waals surface area contributed by atoms with Gasteiger partial charge in [0, 0.05) is 18.2 Å². The van der Waals surface area contributed by atoms with Crippen molar-refractivity contribution in [3.05, 3.63) is 0 Å². The third kappa shape index (κ3) is 0.956. The molecule has 2 heterocycles. The number of rotatable bonds is 0. The normalized spacial score (nSPS) is 47.1.